The number of halogens is 1. The molecule has 1 saturated carbocycles. The SMILES string of the molecule is CC1(C)CCCC12CC(=O)NC(=O)C2c1ccccc1Br. The van der Waals surface area contributed by atoms with E-state index in [9.17, 15) is 9.59 Å². The first-order valence-corrected chi connectivity index (χ1v) is 8.25. The number of piperidine rings is 1. The van der Waals surface area contributed by atoms with E-state index in [1.54, 1.807) is 0 Å². The Bertz CT molecular complexity index is 611. The fourth-order valence-electron chi connectivity index (χ4n) is 4.34. The standard InChI is InChI=1S/C17H20BrNO2/c1-16(2)8-5-9-17(16)10-13(20)19-15(21)14(17)11-6-3-4-7-12(11)18/h3-4,6-7,14H,5,8-10H2,1-2H3,(H,19,20,21). The number of hydrogen-bond acceptors (Lipinski definition) is 2. The smallest absolute Gasteiger partial charge is 0.234 e. The molecule has 1 N–H and O–H groups in total. The van der Waals surface area contributed by atoms with Crippen molar-refractivity contribution in [1.82, 2.24) is 5.32 Å². The van der Waals surface area contributed by atoms with Gasteiger partial charge in [-0.1, -0.05) is 54.4 Å². The van der Waals surface area contributed by atoms with Gasteiger partial charge in [0.25, 0.3) is 0 Å². The van der Waals surface area contributed by atoms with Gasteiger partial charge in [-0.05, 0) is 35.3 Å². The van der Waals surface area contributed by atoms with Gasteiger partial charge >= 0.3 is 0 Å². The lowest BCUT2D eigenvalue weighted by Gasteiger charge is -2.49. The molecule has 1 saturated heterocycles. The highest BCUT2D eigenvalue weighted by molar-refractivity contribution is 9.10. The quantitative estimate of drug-likeness (QED) is 0.784. The van der Waals surface area contributed by atoms with Gasteiger partial charge < -0.3 is 0 Å². The Kier molecular flexibility index (Phi) is 3.47. The van der Waals surface area contributed by atoms with Crippen LogP contribution in [0.25, 0.3) is 0 Å². The van der Waals surface area contributed by atoms with Crippen molar-refractivity contribution in [3.63, 3.8) is 0 Å². The number of imide groups is 1. The summed E-state index contributed by atoms with van der Waals surface area (Å²) in [7, 11) is 0. The van der Waals surface area contributed by atoms with E-state index >= 15 is 0 Å². The summed E-state index contributed by atoms with van der Waals surface area (Å²) in [6, 6.07) is 7.88. The number of carbonyl (C=O) groups is 2. The van der Waals surface area contributed by atoms with Crippen molar-refractivity contribution < 1.29 is 9.59 Å². The first-order chi connectivity index (χ1) is 9.87. The van der Waals surface area contributed by atoms with Gasteiger partial charge in [0.1, 0.15) is 0 Å². The second-order valence-electron chi connectivity index (χ2n) is 6.94. The monoisotopic (exact) mass is 349 g/mol. The number of benzene rings is 1. The van der Waals surface area contributed by atoms with Gasteiger partial charge in [-0.15, -0.1) is 0 Å². The zero-order chi connectivity index (χ0) is 15.3. The summed E-state index contributed by atoms with van der Waals surface area (Å²) in [6.07, 6.45) is 3.52. The van der Waals surface area contributed by atoms with Crippen molar-refractivity contribution in [2.24, 2.45) is 10.8 Å². The van der Waals surface area contributed by atoms with E-state index < -0.39 is 0 Å². The van der Waals surface area contributed by atoms with Crippen LogP contribution < -0.4 is 5.32 Å². The predicted molar refractivity (Wildman–Crippen MR) is 84.7 cm³/mol. The molecule has 0 radical (unpaired) electrons. The fraction of sp³-hybridized carbons (Fsp3) is 0.529. The highest BCUT2D eigenvalue weighted by Crippen LogP contribution is 2.63. The van der Waals surface area contributed by atoms with Crippen LogP contribution in [0.3, 0.4) is 0 Å². The molecule has 0 bridgehead atoms. The van der Waals surface area contributed by atoms with Crippen LogP contribution in [0.4, 0.5) is 0 Å². The number of hydrogen-bond donors (Lipinski definition) is 1. The Labute approximate surface area is 133 Å². The first-order valence-electron chi connectivity index (χ1n) is 7.45. The summed E-state index contributed by atoms with van der Waals surface area (Å²) in [5.74, 6) is -0.533. The van der Waals surface area contributed by atoms with Gasteiger partial charge in [-0.3, -0.25) is 14.9 Å². The Hall–Kier alpha value is -1.16. The summed E-state index contributed by atoms with van der Waals surface area (Å²) >= 11 is 3.58. The second-order valence-corrected chi connectivity index (χ2v) is 7.79. The van der Waals surface area contributed by atoms with Gasteiger partial charge in [0.2, 0.25) is 11.8 Å². The molecule has 1 aliphatic heterocycles. The normalized spacial score (nSPS) is 31.5. The maximum Gasteiger partial charge on any atom is 0.234 e. The maximum absolute atomic E-state index is 12.7. The molecule has 2 amide bonds. The maximum atomic E-state index is 12.7. The second kappa shape index (κ2) is 4.94. The molecule has 21 heavy (non-hydrogen) atoms. The van der Waals surface area contributed by atoms with Gasteiger partial charge in [-0.25, -0.2) is 0 Å². The largest absolute Gasteiger partial charge is 0.296 e. The van der Waals surface area contributed by atoms with Crippen molar-refractivity contribution in [2.45, 2.75) is 45.4 Å². The van der Waals surface area contributed by atoms with Gasteiger partial charge in [0.05, 0.1) is 5.92 Å². The summed E-state index contributed by atoms with van der Waals surface area (Å²) in [5, 5.41) is 2.55. The molecule has 2 fully saturated rings. The van der Waals surface area contributed by atoms with Crippen LogP contribution in [0.15, 0.2) is 28.7 Å². The zero-order valence-electron chi connectivity index (χ0n) is 12.4. The molecule has 112 valence electrons. The summed E-state index contributed by atoms with van der Waals surface area (Å²) in [6.45, 7) is 4.41. The van der Waals surface area contributed by atoms with Crippen LogP contribution in [0.1, 0.15) is 51.0 Å². The van der Waals surface area contributed by atoms with Crippen LogP contribution in [-0.4, -0.2) is 11.8 Å². The van der Waals surface area contributed by atoms with Crippen molar-refractivity contribution in [3.05, 3.63) is 34.3 Å². The van der Waals surface area contributed by atoms with Crippen LogP contribution in [-0.2, 0) is 9.59 Å². The Morgan fingerprint density at radius 3 is 2.52 bits per heavy atom. The number of amides is 2. The molecule has 1 spiro atoms. The Balaban J connectivity index is 2.17. The number of nitrogens with one attached hydrogen (secondary N) is 1. The van der Waals surface area contributed by atoms with Gasteiger partial charge in [0, 0.05) is 10.9 Å². The van der Waals surface area contributed by atoms with Crippen molar-refractivity contribution in [1.29, 1.82) is 0 Å². The third kappa shape index (κ3) is 2.15. The van der Waals surface area contributed by atoms with Crippen molar-refractivity contribution in [2.75, 3.05) is 0 Å². The molecular weight excluding hydrogens is 330 g/mol. The number of rotatable bonds is 1. The van der Waals surface area contributed by atoms with Crippen LogP contribution >= 0.6 is 15.9 Å². The van der Waals surface area contributed by atoms with Crippen LogP contribution in [0.5, 0.6) is 0 Å². The fourth-order valence-corrected chi connectivity index (χ4v) is 4.85. The molecule has 4 heteroatoms. The van der Waals surface area contributed by atoms with E-state index in [4.69, 9.17) is 0 Å². The molecule has 1 aromatic rings. The van der Waals surface area contributed by atoms with E-state index in [2.05, 4.69) is 35.1 Å². The molecule has 1 heterocycles. The summed E-state index contributed by atoms with van der Waals surface area (Å²) in [5.41, 5.74) is 0.717. The molecule has 1 aromatic carbocycles. The van der Waals surface area contributed by atoms with Crippen molar-refractivity contribution in [3.8, 4) is 0 Å². The minimum absolute atomic E-state index is 0.0135. The lowest BCUT2D eigenvalue weighted by atomic mass is 9.56. The molecule has 2 atom stereocenters. The van der Waals surface area contributed by atoms with E-state index in [-0.39, 0.29) is 28.6 Å². The van der Waals surface area contributed by atoms with Crippen LogP contribution in [0, 0.1) is 10.8 Å². The first kappa shape index (κ1) is 14.8. The summed E-state index contributed by atoms with van der Waals surface area (Å²) in [4.78, 5) is 24.7. The molecule has 3 rings (SSSR count). The van der Waals surface area contributed by atoms with E-state index in [1.807, 2.05) is 24.3 Å². The van der Waals surface area contributed by atoms with Gasteiger partial charge in [-0.2, -0.15) is 0 Å². The van der Waals surface area contributed by atoms with E-state index in [0.29, 0.717) is 6.42 Å². The minimum atomic E-state index is -0.268. The Morgan fingerprint density at radius 2 is 1.90 bits per heavy atom. The average molecular weight is 350 g/mol. The average Bonchev–Trinajstić information content (AvgIpc) is 2.66. The third-order valence-electron chi connectivity index (χ3n) is 5.54. The lowest BCUT2D eigenvalue weighted by molar-refractivity contribution is -0.144. The predicted octanol–water partition coefficient (Wildman–Crippen LogP) is 3.78. The molecule has 0 aromatic heterocycles. The van der Waals surface area contributed by atoms with E-state index in [0.717, 1.165) is 29.3 Å². The zero-order valence-corrected chi connectivity index (χ0v) is 14.0. The molecular formula is C17H20BrNO2. The molecule has 2 unspecified atom stereocenters. The van der Waals surface area contributed by atoms with Gasteiger partial charge in [0.15, 0.2) is 0 Å². The van der Waals surface area contributed by atoms with Crippen LogP contribution in [0.2, 0.25) is 0 Å². The minimum Gasteiger partial charge on any atom is -0.296 e. The topological polar surface area (TPSA) is 46.2 Å². The summed E-state index contributed by atoms with van der Waals surface area (Å²) < 4.78 is 0.946. The molecule has 3 nitrogen and oxygen atoms in total. The van der Waals surface area contributed by atoms with E-state index in [1.165, 1.54) is 0 Å². The lowest BCUT2D eigenvalue weighted by Crippen LogP contribution is -2.54. The Morgan fingerprint density at radius 1 is 1.19 bits per heavy atom. The highest BCUT2D eigenvalue weighted by Gasteiger charge is 2.59. The third-order valence-corrected chi connectivity index (χ3v) is 6.26. The molecule has 2 aliphatic rings. The van der Waals surface area contributed by atoms with Crippen molar-refractivity contribution >= 4 is 27.7 Å². The number of carbonyl (C=O) groups excluding carboxylic acids is 2. The molecule has 1 aliphatic carbocycles. The highest BCUT2D eigenvalue weighted by atomic mass is 79.9.